The zero-order valence-corrected chi connectivity index (χ0v) is 17.2. The molecule has 2 N–H and O–H groups in total. The average molecular weight is 481 g/mol. The topological polar surface area (TPSA) is 95.6 Å². The molecule has 2 aromatic rings. The van der Waals surface area contributed by atoms with Crippen molar-refractivity contribution in [1.29, 1.82) is 0 Å². The number of halogens is 5. The Balaban J connectivity index is 1.61. The minimum atomic E-state index is -5.08. The third kappa shape index (κ3) is 4.11. The Hall–Kier alpha value is -3.83. The van der Waals surface area contributed by atoms with Gasteiger partial charge in [0.2, 0.25) is 11.8 Å². The molecule has 34 heavy (non-hydrogen) atoms. The van der Waals surface area contributed by atoms with Crippen LogP contribution in [0.1, 0.15) is 50.7 Å². The summed E-state index contributed by atoms with van der Waals surface area (Å²) in [6, 6.07) is 2.14. The van der Waals surface area contributed by atoms with E-state index in [4.69, 9.17) is 0 Å². The Morgan fingerprint density at radius 3 is 2.44 bits per heavy atom. The van der Waals surface area contributed by atoms with Gasteiger partial charge in [-0.15, -0.1) is 0 Å². The molecule has 12 heteroatoms. The molecule has 2 unspecified atom stereocenters. The van der Waals surface area contributed by atoms with Crippen LogP contribution >= 0.6 is 0 Å². The predicted molar refractivity (Wildman–Crippen MR) is 105 cm³/mol. The van der Waals surface area contributed by atoms with E-state index in [0.717, 1.165) is 35.2 Å². The van der Waals surface area contributed by atoms with Gasteiger partial charge >= 0.3 is 6.18 Å². The van der Waals surface area contributed by atoms with Gasteiger partial charge in [-0.25, -0.2) is 8.78 Å². The summed E-state index contributed by atoms with van der Waals surface area (Å²) in [5.74, 6) is -5.84. The van der Waals surface area contributed by atoms with Crippen LogP contribution in [0.5, 0.6) is 0 Å². The lowest BCUT2D eigenvalue weighted by molar-refractivity contribution is -0.155. The number of nitrogens with zero attached hydrogens (tertiary/aromatic N) is 1. The van der Waals surface area contributed by atoms with Crippen LogP contribution in [0.4, 0.5) is 22.0 Å². The molecule has 0 radical (unpaired) electrons. The number of hydrogen-bond donors (Lipinski definition) is 2. The first-order chi connectivity index (χ1) is 16.0. The zero-order valence-electron chi connectivity index (χ0n) is 17.2. The number of imide groups is 1. The molecule has 0 spiro atoms. The Labute approximate surface area is 188 Å². The van der Waals surface area contributed by atoms with Crippen LogP contribution in [0.15, 0.2) is 36.4 Å². The van der Waals surface area contributed by atoms with Crippen LogP contribution in [0.2, 0.25) is 0 Å². The van der Waals surface area contributed by atoms with Crippen molar-refractivity contribution in [3.8, 4) is 0 Å². The number of hydrogen-bond acceptors (Lipinski definition) is 4. The van der Waals surface area contributed by atoms with Crippen molar-refractivity contribution in [2.45, 2.75) is 37.6 Å². The van der Waals surface area contributed by atoms with Gasteiger partial charge in [0.05, 0.1) is 12.1 Å². The lowest BCUT2D eigenvalue weighted by Gasteiger charge is -2.29. The van der Waals surface area contributed by atoms with Gasteiger partial charge in [0, 0.05) is 23.1 Å². The van der Waals surface area contributed by atoms with E-state index in [1.165, 1.54) is 6.07 Å². The molecule has 0 saturated carbocycles. The minimum Gasteiger partial charge on any atom is -0.337 e. The molecule has 1 fully saturated rings. The van der Waals surface area contributed by atoms with Gasteiger partial charge in [0.15, 0.2) is 6.04 Å². The highest BCUT2D eigenvalue weighted by molar-refractivity contribution is 6.06. The molecule has 2 atom stereocenters. The van der Waals surface area contributed by atoms with Crippen LogP contribution in [0, 0.1) is 11.6 Å². The Morgan fingerprint density at radius 1 is 1.09 bits per heavy atom. The number of alkyl halides is 3. The van der Waals surface area contributed by atoms with Crippen molar-refractivity contribution in [1.82, 2.24) is 15.5 Å². The fourth-order valence-corrected chi connectivity index (χ4v) is 4.03. The average Bonchev–Trinajstić information content (AvgIpc) is 3.09. The predicted octanol–water partition coefficient (Wildman–Crippen LogP) is 2.76. The Kier molecular flexibility index (Phi) is 5.84. The summed E-state index contributed by atoms with van der Waals surface area (Å²) in [5.41, 5.74) is -2.04. The molecule has 1 saturated heterocycles. The third-order valence-corrected chi connectivity index (χ3v) is 5.71. The van der Waals surface area contributed by atoms with Crippen molar-refractivity contribution >= 4 is 23.6 Å². The van der Waals surface area contributed by atoms with Crippen LogP contribution in [0.3, 0.4) is 0 Å². The minimum absolute atomic E-state index is 0.0231. The van der Waals surface area contributed by atoms with Crippen molar-refractivity contribution in [3.63, 3.8) is 0 Å². The number of benzene rings is 2. The Morgan fingerprint density at radius 2 is 1.79 bits per heavy atom. The monoisotopic (exact) mass is 481 g/mol. The Bertz CT molecular complexity index is 1210. The maximum atomic E-state index is 15.2. The molecular formula is C22H16F5N3O4. The van der Waals surface area contributed by atoms with E-state index in [-0.39, 0.29) is 24.0 Å². The van der Waals surface area contributed by atoms with E-state index in [1.54, 1.807) is 5.32 Å². The molecule has 0 aliphatic carbocycles. The summed E-state index contributed by atoms with van der Waals surface area (Å²) in [7, 11) is 0. The number of fused-ring (bicyclic) bond motifs is 1. The lowest BCUT2D eigenvalue weighted by Crippen LogP contribution is -2.52. The van der Waals surface area contributed by atoms with E-state index in [1.807, 2.05) is 0 Å². The van der Waals surface area contributed by atoms with E-state index in [2.05, 4.69) is 5.32 Å². The normalized spacial score (nSPS) is 19.0. The standard InChI is InChI=1S/C22H16F5N3O4/c23-14-4-2-1-3-11(14)18(22(25,26)27)29-19(32)12-6-5-10-13(17(12)24)9-30(21(10)34)15-7-8-16(31)28-20(15)33/h1-6,15,18H,7-9H2,(H,29,32)(H,28,31,33). The maximum Gasteiger partial charge on any atom is 0.412 e. The second-order valence-corrected chi connectivity index (χ2v) is 7.82. The van der Waals surface area contributed by atoms with Crippen molar-refractivity contribution in [3.05, 3.63) is 70.3 Å². The summed E-state index contributed by atoms with van der Waals surface area (Å²) >= 11 is 0. The quantitative estimate of drug-likeness (QED) is 0.519. The number of amides is 4. The first-order valence-corrected chi connectivity index (χ1v) is 10.1. The number of carbonyl (C=O) groups excluding carboxylic acids is 4. The van der Waals surface area contributed by atoms with Crippen molar-refractivity contribution in [2.75, 3.05) is 0 Å². The van der Waals surface area contributed by atoms with E-state index in [0.29, 0.717) is 0 Å². The fraction of sp³-hybridized carbons (Fsp3) is 0.273. The molecule has 178 valence electrons. The second kappa shape index (κ2) is 8.50. The van der Waals surface area contributed by atoms with Crippen molar-refractivity contribution in [2.24, 2.45) is 0 Å². The first kappa shape index (κ1) is 23.3. The summed E-state index contributed by atoms with van der Waals surface area (Å²) < 4.78 is 69.9. The van der Waals surface area contributed by atoms with Crippen LogP contribution < -0.4 is 10.6 Å². The van der Waals surface area contributed by atoms with E-state index >= 15 is 4.39 Å². The first-order valence-electron chi connectivity index (χ1n) is 10.1. The highest BCUT2D eigenvalue weighted by Gasteiger charge is 2.44. The largest absolute Gasteiger partial charge is 0.412 e. The SMILES string of the molecule is O=C1CCC(N2Cc3c(ccc(C(=O)NC(c4ccccc4F)C(F)(F)F)c3F)C2=O)C(=O)N1. The molecule has 4 amide bonds. The van der Waals surface area contributed by atoms with Gasteiger partial charge in [0.1, 0.15) is 17.7 Å². The number of carbonyl (C=O) groups is 4. The van der Waals surface area contributed by atoms with Crippen LogP contribution in [-0.2, 0) is 16.1 Å². The van der Waals surface area contributed by atoms with E-state index < -0.39 is 71.2 Å². The van der Waals surface area contributed by atoms with Gasteiger partial charge in [0.25, 0.3) is 11.8 Å². The molecule has 2 aliphatic rings. The summed E-state index contributed by atoms with van der Waals surface area (Å²) in [5, 5.41) is 3.70. The summed E-state index contributed by atoms with van der Waals surface area (Å²) in [4.78, 5) is 49.8. The second-order valence-electron chi connectivity index (χ2n) is 7.82. The fourth-order valence-electron chi connectivity index (χ4n) is 4.03. The van der Waals surface area contributed by atoms with Gasteiger partial charge in [-0.1, -0.05) is 18.2 Å². The molecule has 2 aromatic carbocycles. The lowest BCUT2D eigenvalue weighted by atomic mass is 10.0. The van der Waals surface area contributed by atoms with Crippen molar-refractivity contribution < 1.29 is 41.1 Å². The number of piperidine rings is 1. The molecule has 7 nitrogen and oxygen atoms in total. The van der Waals surface area contributed by atoms with Gasteiger partial charge in [-0.3, -0.25) is 24.5 Å². The van der Waals surface area contributed by atoms with E-state index in [9.17, 15) is 36.7 Å². The number of rotatable bonds is 4. The highest BCUT2D eigenvalue weighted by atomic mass is 19.4. The molecule has 4 rings (SSSR count). The molecule has 0 aromatic heterocycles. The maximum absolute atomic E-state index is 15.2. The third-order valence-electron chi connectivity index (χ3n) is 5.71. The number of nitrogens with one attached hydrogen (secondary N) is 2. The smallest absolute Gasteiger partial charge is 0.337 e. The van der Waals surface area contributed by atoms with Crippen LogP contribution in [-0.4, -0.2) is 40.7 Å². The molecule has 2 aliphatic heterocycles. The summed E-state index contributed by atoms with van der Waals surface area (Å²) in [6.45, 7) is -0.413. The van der Waals surface area contributed by atoms with Crippen LogP contribution in [0.25, 0.3) is 0 Å². The molecule has 0 bridgehead atoms. The summed E-state index contributed by atoms with van der Waals surface area (Å²) in [6.07, 6.45) is -5.08. The van der Waals surface area contributed by atoms with Gasteiger partial charge < -0.3 is 10.2 Å². The van der Waals surface area contributed by atoms with Gasteiger partial charge in [-0.2, -0.15) is 13.2 Å². The zero-order chi connectivity index (χ0) is 24.8. The van der Waals surface area contributed by atoms with Gasteiger partial charge in [-0.05, 0) is 24.6 Å². The highest BCUT2D eigenvalue weighted by Crippen LogP contribution is 2.35. The molecule has 2 heterocycles. The molecular weight excluding hydrogens is 465 g/mol.